The van der Waals surface area contributed by atoms with Crippen molar-refractivity contribution in [3.63, 3.8) is 0 Å². The number of halogens is 1. The molecule has 0 heterocycles. The molecular weight excluding hydrogens is 452 g/mol. The number of hydrogen-bond acceptors (Lipinski definition) is 5. The van der Waals surface area contributed by atoms with Crippen molar-refractivity contribution >= 4 is 38.9 Å². The van der Waals surface area contributed by atoms with Crippen molar-refractivity contribution in [1.82, 2.24) is 0 Å². The number of carbonyl (C=O) groups is 1. The number of ether oxygens (including phenoxy) is 2. The van der Waals surface area contributed by atoms with Gasteiger partial charge in [0.25, 0.3) is 15.9 Å². The van der Waals surface area contributed by atoms with Crippen molar-refractivity contribution in [2.75, 3.05) is 16.6 Å². The molecule has 0 aliphatic heterocycles. The molecule has 9 heteroatoms. The lowest BCUT2D eigenvalue weighted by molar-refractivity contribution is -0.122. The van der Waals surface area contributed by atoms with Crippen LogP contribution in [0, 0.1) is 0 Å². The number of sulfonamides is 1. The third-order valence-corrected chi connectivity index (χ3v) is 5.96. The van der Waals surface area contributed by atoms with Crippen molar-refractivity contribution in [3.05, 3.63) is 77.8 Å². The normalized spacial score (nSPS) is 12.0. The van der Waals surface area contributed by atoms with E-state index in [4.69, 9.17) is 21.1 Å². The van der Waals surface area contributed by atoms with Crippen molar-refractivity contribution in [1.29, 1.82) is 0 Å². The Morgan fingerprint density at radius 1 is 0.969 bits per heavy atom. The monoisotopic (exact) mass is 474 g/mol. The molecule has 0 saturated carbocycles. The van der Waals surface area contributed by atoms with Gasteiger partial charge in [-0.25, -0.2) is 8.42 Å². The van der Waals surface area contributed by atoms with E-state index < -0.39 is 16.1 Å². The minimum atomic E-state index is -3.79. The highest BCUT2D eigenvalue weighted by Gasteiger charge is 2.17. The molecule has 3 rings (SSSR count). The quantitative estimate of drug-likeness (QED) is 0.458. The fraction of sp³-hybridized carbons (Fsp3) is 0.174. The zero-order valence-corrected chi connectivity index (χ0v) is 19.1. The van der Waals surface area contributed by atoms with E-state index in [-0.39, 0.29) is 10.8 Å². The molecule has 2 N–H and O–H groups in total. The first-order chi connectivity index (χ1) is 15.3. The van der Waals surface area contributed by atoms with E-state index in [9.17, 15) is 13.2 Å². The van der Waals surface area contributed by atoms with Crippen LogP contribution in [0.3, 0.4) is 0 Å². The third kappa shape index (κ3) is 6.38. The molecule has 0 saturated heterocycles. The van der Waals surface area contributed by atoms with E-state index in [1.165, 1.54) is 24.3 Å². The van der Waals surface area contributed by atoms with Gasteiger partial charge in [0, 0.05) is 16.4 Å². The number of nitrogens with one attached hydrogen (secondary N) is 2. The lowest BCUT2D eigenvalue weighted by Crippen LogP contribution is -2.30. The minimum absolute atomic E-state index is 0.0626. The number of benzene rings is 3. The van der Waals surface area contributed by atoms with Gasteiger partial charge in [-0.1, -0.05) is 17.7 Å². The van der Waals surface area contributed by atoms with E-state index >= 15 is 0 Å². The molecule has 0 aliphatic carbocycles. The van der Waals surface area contributed by atoms with Crippen LogP contribution in [-0.4, -0.2) is 27.0 Å². The predicted octanol–water partition coefficient (Wildman–Crippen LogP) is 4.95. The predicted molar refractivity (Wildman–Crippen MR) is 125 cm³/mol. The van der Waals surface area contributed by atoms with Gasteiger partial charge in [-0.2, -0.15) is 0 Å². The molecule has 0 spiro atoms. The third-order valence-electron chi connectivity index (χ3n) is 4.33. The lowest BCUT2D eigenvalue weighted by atomic mass is 10.3. The maximum Gasteiger partial charge on any atom is 0.265 e. The Balaban J connectivity index is 1.61. The standard InChI is InChI=1S/C23H23ClN2O5S/c1-3-30-20-11-7-19(8-12-20)26-32(28,29)22-13-9-18(10-14-22)25-23(27)16(2)31-21-6-4-5-17(24)15-21/h4-16,26H,3H2,1-2H3,(H,25,27)/t16-/m1/s1. The fourth-order valence-electron chi connectivity index (χ4n) is 2.76. The van der Waals surface area contributed by atoms with Crippen LogP contribution in [0.1, 0.15) is 13.8 Å². The molecular formula is C23H23ClN2O5S. The molecule has 1 amide bonds. The van der Waals surface area contributed by atoms with Gasteiger partial charge in [-0.15, -0.1) is 0 Å². The van der Waals surface area contributed by atoms with Crippen molar-refractivity contribution in [3.8, 4) is 11.5 Å². The van der Waals surface area contributed by atoms with Crippen LogP contribution < -0.4 is 19.5 Å². The van der Waals surface area contributed by atoms with Crippen LogP contribution >= 0.6 is 11.6 Å². The number of amides is 1. The highest BCUT2D eigenvalue weighted by molar-refractivity contribution is 7.92. The van der Waals surface area contributed by atoms with Gasteiger partial charge >= 0.3 is 0 Å². The summed E-state index contributed by atoms with van der Waals surface area (Å²) in [5.74, 6) is 0.749. The Hall–Kier alpha value is -3.23. The van der Waals surface area contributed by atoms with Gasteiger partial charge in [0.1, 0.15) is 11.5 Å². The Kier molecular flexibility index (Phi) is 7.61. The number of rotatable bonds is 9. The van der Waals surface area contributed by atoms with Crippen molar-refractivity contribution in [2.24, 2.45) is 0 Å². The molecule has 0 unspecified atom stereocenters. The molecule has 0 aliphatic rings. The van der Waals surface area contributed by atoms with Crippen LogP contribution in [0.5, 0.6) is 11.5 Å². The summed E-state index contributed by atoms with van der Waals surface area (Å²) in [7, 11) is -3.79. The number of carbonyl (C=O) groups excluding carboxylic acids is 1. The first-order valence-corrected chi connectivity index (χ1v) is 11.7. The topological polar surface area (TPSA) is 93.7 Å². The summed E-state index contributed by atoms with van der Waals surface area (Å²) in [6.07, 6.45) is -0.779. The average molecular weight is 475 g/mol. The fourth-order valence-corrected chi connectivity index (χ4v) is 4.00. The largest absolute Gasteiger partial charge is 0.494 e. The molecule has 3 aromatic carbocycles. The van der Waals surface area contributed by atoms with Crippen molar-refractivity contribution in [2.45, 2.75) is 24.8 Å². The van der Waals surface area contributed by atoms with E-state index in [1.807, 2.05) is 6.92 Å². The Morgan fingerprint density at radius 2 is 1.62 bits per heavy atom. The van der Waals surface area contributed by atoms with Crippen molar-refractivity contribution < 1.29 is 22.7 Å². The van der Waals surface area contributed by atoms with Gasteiger partial charge < -0.3 is 14.8 Å². The number of anilines is 2. The van der Waals surface area contributed by atoms with Gasteiger partial charge in [-0.05, 0) is 80.6 Å². The molecule has 0 aromatic heterocycles. The Bertz CT molecular complexity index is 1170. The highest BCUT2D eigenvalue weighted by Crippen LogP contribution is 2.22. The van der Waals surface area contributed by atoms with Crippen LogP contribution in [0.15, 0.2) is 77.7 Å². The zero-order chi connectivity index (χ0) is 23.1. The SMILES string of the molecule is CCOc1ccc(NS(=O)(=O)c2ccc(NC(=O)[C@@H](C)Oc3cccc(Cl)c3)cc2)cc1. The van der Waals surface area contributed by atoms with Crippen LogP contribution in [0.25, 0.3) is 0 Å². The minimum Gasteiger partial charge on any atom is -0.494 e. The summed E-state index contributed by atoms with van der Waals surface area (Å²) in [5.41, 5.74) is 0.856. The van der Waals surface area contributed by atoms with E-state index in [2.05, 4.69) is 10.0 Å². The van der Waals surface area contributed by atoms with Gasteiger partial charge in [-0.3, -0.25) is 9.52 Å². The average Bonchev–Trinajstić information content (AvgIpc) is 2.75. The maximum atomic E-state index is 12.6. The molecule has 168 valence electrons. The van der Waals surface area contributed by atoms with E-state index in [0.717, 1.165) is 0 Å². The Labute approximate surface area is 192 Å². The summed E-state index contributed by atoms with van der Waals surface area (Å²) >= 11 is 5.92. The van der Waals surface area contributed by atoms with Gasteiger partial charge in [0.2, 0.25) is 0 Å². The summed E-state index contributed by atoms with van der Waals surface area (Å²) in [4.78, 5) is 12.5. The molecule has 32 heavy (non-hydrogen) atoms. The molecule has 7 nitrogen and oxygen atoms in total. The maximum absolute atomic E-state index is 12.6. The molecule has 0 fully saturated rings. The van der Waals surface area contributed by atoms with Crippen LogP contribution in [0.4, 0.5) is 11.4 Å². The molecule has 0 bridgehead atoms. The van der Waals surface area contributed by atoms with Gasteiger partial charge in [0.15, 0.2) is 6.10 Å². The second-order valence-corrected chi connectivity index (χ2v) is 8.91. The Morgan fingerprint density at radius 3 is 2.25 bits per heavy atom. The summed E-state index contributed by atoms with van der Waals surface area (Å²) < 4.78 is 38.7. The zero-order valence-electron chi connectivity index (χ0n) is 17.5. The van der Waals surface area contributed by atoms with Gasteiger partial charge in [0.05, 0.1) is 11.5 Å². The first-order valence-electron chi connectivity index (χ1n) is 9.85. The van der Waals surface area contributed by atoms with Crippen LogP contribution in [-0.2, 0) is 14.8 Å². The van der Waals surface area contributed by atoms with E-state index in [0.29, 0.717) is 34.5 Å². The molecule has 0 radical (unpaired) electrons. The lowest BCUT2D eigenvalue weighted by Gasteiger charge is -2.15. The van der Waals surface area contributed by atoms with Crippen LogP contribution in [0.2, 0.25) is 5.02 Å². The second kappa shape index (κ2) is 10.4. The molecule has 1 atom stereocenters. The second-order valence-electron chi connectivity index (χ2n) is 6.79. The number of hydrogen-bond donors (Lipinski definition) is 2. The molecule has 3 aromatic rings. The smallest absolute Gasteiger partial charge is 0.265 e. The van der Waals surface area contributed by atoms with E-state index in [1.54, 1.807) is 55.5 Å². The first kappa shape index (κ1) is 23.4. The summed E-state index contributed by atoms with van der Waals surface area (Å²) in [6.45, 7) is 4.00. The summed E-state index contributed by atoms with van der Waals surface area (Å²) in [5, 5.41) is 3.20. The highest BCUT2D eigenvalue weighted by atomic mass is 35.5. The summed E-state index contributed by atoms with van der Waals surface area (Å²) in [6, 6.07) is 19.2.